The normalized spacial score (nSPS) is 23.5. The van der Waals surface area contributed by atoms with Crippen molar-refractivity contribution in [1.29, 1.82) is 0 Å². The second-order valence-electron chi connectivity index (χ2n) is 2.47. The van der Waals surface area contributed by atoms with Gasteiger partial charge in [-0.3, -0.25) is 0 Å². The number of imide groups is 1. The van der Waals surface area contributed by atoms with Crippen LogP contribution in [-0.4, -0.2) is 40.3 Å². The fourth-order valence-electron chi connectivity index (χ4n) is 1.03. The number of thioether (sulfide) groups is 1. The Morgan fingerprint density at radius 2 is 2.23 bits per heavy atom. The number of carbonyl (C=O) groups is 2. The number of hydrogen-bond acceptors (Lipinski definition) is 4. The summed E-state index contributed by atoms with van der Waals surface area (Å²) in [7, 11) is 0. The zero-order valence-electron chi connectivity index (χ0n) is 7.48. The van der Waals surface area contributed by atoms with Crippen LogP contribution in [0, 0.1) is 0 Å². The van der Waals surface area contributed by atoms with Crippen molar-refractivity contribution in [2.75, 3.05) is 12.8 Å². The number of hydrazine groups is 1. The van der Waals surface area contributed by atoms with Crippen LogP contribution >= 0.6 is 11.8 Å². The first-order valence-electron chi connectivity index (χ1n) is 3.80. The van der Waals surface area contributed by atoms with Crippen molar-refractivity contribution < 1.29 is 9.59 Å². The summed E-state index contributed by atoms with van der Waals surface area (Å²) in [4.78, 5) is 23.7. The molecule has 0 spiro atoms. The van der Waals surface area contributed by atoms with Gasteiger partial charge >= 0.3 is 12.1 Å². The molecule has 1 aliphatic rings. The average Bonchev–Trinajstić information content (AvgIpc) is 2.12. The molecule has 6 nitrogen and oxygen atoms in total. The lowest BCUT2D eigenvalue weighted by Gasteiger charge is -2.36. The third-order valence-electron chi connectivity index (χ3n) is 1.74. The number of nitrogens with two attached hydrogens (primary N) is 1. The highest BCUT2D eigenvalue weighted by Gasteiger charge is 2.35. The van der Waals surface area contributed by atoms with Crippen LogP contribution < -0.4 is 11.2 Å². The predicted molar refractivity (Wildman–Crippen MR) is 49.6 cm³/mol. The van der Waals surface area contributed by atoms with Crippen LogP contribution in [0.15, 0.2) is 0 Å². The first-order chi connectivity index (χ1) is 6.11. The molecule has 4 amide bonds. The molecule has 1 unspecified atom stereocenters. The maximum absolute atomic E-state index is 11.4. The summed E-state index contributed by atoms with van der Waals surface area (Å²) in [6, 6.07) is -0.862. The van der Waals surface area contributed by atoms with Crippen LogP contribution in [-0.2, 0) is 0 Å². The Morgan fingerprint density at radius 1 is 1.62 bits per heavy atom. The number of nitrogens with one attached hydrogen (secondary N) is 1. The topological polar surface area (TPSA) is 78.7 Å². The fourth-order valence-corrected chi connectivity index (χ4v) is 1.57. The maximum Gasteiger partial charge on any atom is 0.344 e. The fraction of sp³-hybridized carbons (Fsp3) is 0.667. The van der Waals surface area contributed by atoms with Gasteiger partial charge in [-0.2, -0.15) is 0 Å². The number of carbonyl (C=O) groups excluding carboxylic acids is 2. The minimum atomic E-state index is -0.470. The Bertz CT molecular complexity index is 235. The van der Waals surface area contributed by atoms with Gasteiger partial charge < -0.3 is 5.32 Å². The van der Waals surface area contributed by atoms with Crippen LogP contribution in [0.2, 0.25) is 0 Å². The molecule has 3 N–H and O–H groups in total. The van der Waals surface area contributed by atoms with Gasteiger partial charge in [-0.25, -0.2) is 25.3 Å². The Morgan fingerprint density at radius 3 is 2.69 bits per heavy atom. The van der Waals surface area contributed by atoms with Crippen molar-refractivity contribution in [3.63, 3.8) is 0 Å². The van der Waals surface area contributed by atoms with E-state index in [9.17, 15) is 9.59 Å². The maximum atomic E-state index is 11.4. The Kier molecular flexibility index (Phi) is 2.99. The van der Waals surface area contributed by atoms with Gasteiger partial charge in [0, 0.05) is 6.54 Å². The standard InChI is InChI=1S/C6H12N4O2S/c1-3-9-4(11)8-5(13-2)10(7)6(9)12/h5H,3,7H2,1-2H3,(H,8,11). The quantitative estimate of drug-likeness (QED) is 0.489. The molecule has 0 saturated carbocycles. The van der Waals surface area contributed by atoms with Gasteiger partial charge in [0.25, 0.3) is 0 Å². The molecule has 7 heteroatoms. The van der Waals surface area contributed by atoms with Gasteiger partial charge in [0.1, 0.15) is 0 Å². The van der Waals surface area contributed by atoms with Crippen molar-refractivity contribution >= 4 is 23.8 Å². The lowest BCUT2D eigenvalue weighted by Crippen LogP contribution is -2.65. The summed E-state index contributed by atoms with van der Waals surface area (Å²) in [5.74, 6) is 5.47. The Hall–Kier alpha value is -0.950. The molecule has 74 valence electrons. The van der Waals surface area contributed by atoms with Crippen LogP contribution in [0.3, 0.4) is 0 Å². The summed E-state index contributed by atoms with van der Waals surface area (Å²) < 4.78 is 0. The SMILES string of the molecule is CCN1C(=O)NC(SC)N(N)C1=O. The minimum Gasteiger partial charge on any atom is -0.307 e. The van der Waals surface area contributed by atoms with Gasteiger partial charge in [0.15, 0.2) is 5.50 Å². The van der Waals surface area contributed by atoms with Crippen LogP contribution in [0.4, 0.5) is 9.59 Å². The Labute approximate surface area is 80.4 Å². The van der Waals surface area contributed by atoms with Gasteiger partial charge in [-0.1, -0.05) is 0 Å². The smallest absolute Gasteiger partial charge is 0.307 e. The number of nitrogens with zero attached hydrogens (tertiary/aromatic N) is 2. The first kappa shape index (κ1) is 10.1. The molecule has 1 aliphatic heterocycles. The summed E-state index contributed by atoms with van der Waals surface area (Å²) in [6.45, 7) is 2.03. The zero-order chi connectivity index (χ0) is 10.0. The number of rotatable bonds is 2. The molecular weight excluding hydrogens is 192 g/mol. The van der Waals surface area contributed by atoms with E-state index in [-0.39, 0.29) is 0 Å². The van der Waals surface area contributed by atoms with Crippen LogP contribution in [0.5, 0.6) is 0 Å². The van der Waals surface area contributed by atoms with Crippen LogP contribution in [0.25, 0.3) is 0 Å². The van der Waals surface area contributed by atoms with Crippen molar-refractivity contribution in [2.24, 2.45) is 5.84 Å². The summed E-state index contributed by atoms with van der Waals surface area (Å²) in [6.07, 6.45) is 1.76. The van der Waals surface area contributed by atoms with E-state index in [2.05, 4.69) is 5.32 Å². The first-order valence-corrected chi connectivity index (χ1v) is 5.09. The van der Waals surface area contributed by atoms with Crippen molar-refractivity contribution in [1.82, 2.24) is 15.2 Å². The summed E-state index contributed by atoms with van der Waals surface area (Å²) in [5.41, 5.74) is -0.470. The molecule has 1 saturated heterocycles. The highest BCUT2D eigenvalue weighted by molar-refractivity contribution is 7.99. The predicted octanol–water partition coefficient (Wildman–Crippen LogP) is -0.0262. The molecule has 0 aromatic heterocycles. The average molecular weight is 204 g/mol. The molecule has 0 radical (unpaired) electrons. The second-order valence-corrected chi connectivity index (χ2v) is 3.39. The van der Waals surface area contributed by atoms with Gasteiger partial charge in [0.05, 0.1) is 0 Å². The third kappa shape index (κ3) is 1.70. The second kappa shape index (κ2) is 3.84. The molecule has 0 bridgehead atoms. The summed E-state index contributed by atoms with van der Waals surface area (Å²) in [5, 5.41) is 3.59. The molecule has 1 fully saturated rings. The van der Waals surface area contributed by atoms with Crippen LogP contribution in [0.1, 0.15) is 6.92 Å². The summed E-state index contributed by atoms with van der Waals surface area (Å²) >= 11 is 1.30. The van der Waals surface area contributed by atoms with Crippen molar-refractivity contribution in [2.45, 2.75) is 12.4 Å². The molecule has 0 aliphatic carbocycles. The number of amides is 4. The van der Waals surface area contributed by atoms with E-state index < -0.39 is 17.6 Å². The minimum absolute atomic E-state index is 0.319. The zero-order valence-corrected chi connectivity index (χ0v) is 8.30. The molecular formula is C6H12N4O2S. The molecule has 0 aromatic rings. The van der Waals surface area contributed by atoms with E-state index in [1.54, 1.807) is 13.2 Å². The van der Waals surface area contributed by atoms with E-state index in [0.717, 1.165) is 9.91 Å². The number of urea groups is 2. The lowest BCUT2D eigenvalue weighted by atomic mass is 10.5. The van der Waals surface area contributed by atoms with E-state index in [4.69, 9.17) is 5.84 Å². The van der Waals surface area contributed by atoms with E-state index in [0.29, 0.717) is 6.54 Å². The third-order valence-corrected chi connectivity index (χ3v) is 2.53. The van der Waals surface area contributed by atoms with E-state index >= 15 is 0 Å². The Balaban J connectivity index is 2.78. The monoisotopic (exact) mass is 204 g/mol. The lowest BCUT2D eigenvalue weighted by molar-refractivity contribution is 0.126. The molecule has 1 heterocycles. The van der Waals surface area contributed by atoms with E-state index in [1.165, 1.54) is 11.8 Å². The molecule has 13 heavy (non-hydrogen) atoms. The highest BCUT2D eigenvalue weighted by atomic mass is 32.2. The number of hydrogen-bond donors (Lipinski definition) is 2. The molecule has 1 rings (SSSR count). The molecule has 1 atom stereocenters. The van der Waals surface area contributed by atoms with Gasteiger partial charge in [0.2, 0.25) is 0 Å². The van der Waals surface area contributed by atoms with E-state index in [1.807, 2.05) is 0 Å². The molecule has 0 aromatic carbocycles. The van der Waals surface area contributed by atoms with Gasteiger partial charge in [-0.05, 0) is 13.2 Å². The largest absolute Gasteiger partial charge is 0.344 e. The van der Waals surface area contributed by atoms with Gasteiger partial charge in [-0.15, -0.1) is 11.8 Å². The van der Waals surface area contributed by atoms with Crippen molar-refractivity contribution in [3.05, 3.63) is 0 Å². The highest BCUT2D eigenvalue weighted by Crippen LogP contribution is 2.13. The van der Waals surface area contributed by atoms with Crippen molar-refractivity contribution in [3.8, 4) is 0 Å².